The van der Waals surface area contributed by atoms with E-state index in [2.05, 4.69) is 10.4 Å². The van der Waals surface area contributed by atoms with Crippen molar-refractivity contribution in [3.8, 4) is 5.69 Å². The number of aliphatic carboxylic acids is 1. The summed E-state index contributed by atoms with van der Waals surface area (Å²) in [5.74, 6) is -1.34. The Balaban J connectivity index is 1.77. The molecule has 1 heterocycles. The van der Waals surface area contributed by atoms with Crippen molar-refractivity contribution in [3.63, 3.8) is 0 Å². The van der Waals surface area contributed by atoms with Gasteiger partial charge in [-0.25, -0.2) is 9.48 Å². The zero-order valence-corrected chi connectivity index (χ0v) is 12.2. The average molecular weight is 299 g/mol. The van der Waals surface area contributed by atoms with Crippen LogP contribution in [0.4, 0.5) is 0 Å². The number of benzene rings is 1. The SMILES string of the molecule is Cc1ccccc1-n1cc(C(=O)NC(C(=O)O)C2CC2)cn1. The van der Waals surface area contributed by atoms with Gasteiger partial charge in [0.05, 0.1) is 17.4 Å². The molecule has 6 nitrogen and oxygen atoms in total. The highest BCUT2D eigenvalue weighted by Crippen LogP contribution is 2.32. The summed E-state index contributed by atoms with van der Waals surface area (Å²) in [5, 5.41) is 15.9. The minimum atomic E-state index is -0.984. The molecule has 0 radical (unpaired) electrons. The number of para-hydroxylation sites is 1. The number of rotatable bonds is 5. The number of nitrogens with one attached hydrogen (secondary N) is 1. The zero-order chi connectivity index (χ0) is 15.7. The number of carboxylic acids is 1. The first-order chi connectivity index (χ1) is 10.6. The highest BCUT2D eigenvalue weighted by Gasteiger charge is 2.37. The number of hydrogen-bond acceptors (Lipinski definition) is 3. The molecule has 2 N–H and O–H groups in total. The molecule has 1 aromatic carbocycles. The highest BCUT2D eigenvalue weighted by atomic mass is 16.4. The predicted octanol–water partition coefficient (Wildman–Crippen LogP) is 1.77. The zero-order valence-electron chi connectivity index (χ0n) is 12.2. The van der Waals surface area contributed by atoms with Gasteiger partial charge in [0.15, 0.2) is 0 Å². The number of carbonyl (C=O) groups excluding carboxylic acids is 1. The molecule has 1 unspecified atom stereocenters. The fourth-order valence-corrected chi connectivity index (χ4v) is 2.43. The monoisotopic (exact) mass is 299 g/mol. The van der Waals surface area contributed by atoms with E-state index in [1.807, 2.05) is 31.2 Å². The van der Waals surface area contributed by atoms with Crippen molar-refractivity contribution in [1.29, 1.82) is 0 Å². The van der Waals surface area contributed by atoms with Gasteiger partial charge in [0.25, 0.3) is 5.91 Å². The smallest absolute Gasteiger partial charge is 0.326 e. The summed E-state index contributed by atoms with van der Waals surface area (Å²) in [6, 6.07) is 6.90. The maximum Gasteiger partial charge on any atom is 0.326 e. The molecule has 22 heavy (non-hydrogen) atoms. The molecule has 1 saturated carbocycles. The fourth-order valence-electron chi connectivity index (χ4n) is 2.43. The van der Waals surface area contributed by atoms with E-state index in [0.29, 0.717) is 5.56 Å². The second-order valence-electron chi connectivity index (χ2n) is 5.59. The van der Waals surface area contributed by atoms with Gasteiger partial charge in [-0.3, -0.25) is 4.79 Å². The summed E-state index contributed by atoms with van der Waals surface area (Å²) >= 11 is 0. The van der Waals surface area contributed by atoms with Crippen molar-refractivity contribution in [2.75, 3.05) is 0 Å². The van der Waals surface area contributed by atoms with Crippen LogP contribution in [0.25, 0.3) is 5.69 Å². The van der Waals surface area contributed by atoms with E-state index in [1.54, 1.807) is 10.9 Å². The van der Waals surface area contributed by atoms with E-state index < -0.39 is 17.9 Å². The number of carbonyl (C=O) groups is 2. The Labute approximate surface area is 127 Å². The van der Waals surface area contributed by atoms with Crippen LogP contribution in [-0.4, -0.2) is 32.8 Å². The first-order valence-electron chi connectivity index (χ1n) is 7.20. The van der Waals surface area contributed by atoms with Crippen LogP contribution < -0.4 is 5.32 Å². The molecule has 1 aromatic heterocycles. The van der Waals surface area contributed by atoms with Gasteiger partial charge in [0, 0.05) is 6.20 Å². The Morgan fingerprint density at radius 1 is 1.36 bits per heavy atom. The maximum absolute atomic E-state index is 12.2. The lowest BCUT2D eigenvalue weighted by molar-refractivity contribution is -0.139. The lowest BCUT2D eigenvalue weighted by atomic mass is 10.2. The minimum absolute atomic E-state index is 0.0489. The Bertz CT molecular complexity index is 719. The molecule has 1 amide bonds. The van der Waals surface area contributed by atoms with Gasteiger partial charge >= 0.3 is 5.97 Å². The second kappa shape index (κ2) is 5.63. The standard InChI is InChI=1S/C16H17N3O3/c1-10-4-2-3-5-13(10)19-9-12(8-17-19)15(20)18-14(16(21)22)11-6-7-11/h2-5,8-9,11,14H,6-7H2,1H3,(H,18,20)(H,21,22). The number of hydrogen-bond donors (Lipinski definition) is 2. The molecule has 3 rings (SSSR count). The number of aryl methyl sites for hydroxylation is 1. The van der Waals surface area contributed by atoms with E-state index in [9.17, 15) is 9.59 Å². The molecule has 0 saturated heterocycles. The Kier molecular flexibility index (Phi) is 3.66. The Morgan fingerprint density at radius 3 is 2.73 bits per heavy atom. The highest BCUT2D eigenvalue weighted by molar-refractivity contribution is 5.96. The lowest BCUT2D eigenvalue weighted by Crippen LogP contribution is -2.42. The number of aromatic nitrogens is 2. The molecule has 1 aliphatic carbocycles. The number of carboxylic acid groups (broad SMARTS) is 1. The van der Waals surface area contributed by atoms with Crippen LogP contribution in [0.2, 0.25) is 0 Å². The van der Waals surface area contributed by atoms with Crippen molar-refractivity contribution >= 4 is 11.9 Å². The predicted molar refractivity (Wildman–Crippen MR) is 79.9 cm³/mol. The lowest BCUT2D eigenvalue weighted by Gasteiger charge is -2.12. The molecule has 114 valence electrons. The van der Waals surface area contributed by atoms with E-state index >= 15 is 0 Å². The molecule has 2 aromatic rings. The first kappa shape index (κ1) is 14.3. The van der Waals surface area contributed by atoms with Crippen molar-refractivity contribution in [2.24, 2.45) is 5.92 Å². The summed E-state index contributed by atoms with van der Waals surface area (Å²) in [6.07, 6.45) is 4.76. The Morgan fingerprint density at radius 2 is 2.09 bits per heavy atom. The Hall–Kier alpha value is -2.63. The quantitative estimate of drug-likeness (QED) is 0.881. The summed E-state index contributed by atoms with van der Waals surface area (Å²) in [5.41, 5.74) is 2.28. The summed E-state index contributed by atoms with van der Waals surface area (Å²) < 4.78 is 1.62. The van der Waals surface area contributed by atoms with E-state index in [4.69, 9.17) is 5.11 Å². The van der Waals surface area contributed by atoms with E-state index in [-0.39, 0.29) is 5.92 Å². The molecular formula is C16H17N3O3. The molecule has 1 atom stereocenters. The van der Waals surface area contributed by atoms with Gasteiger partial charge in [0.1, 0.15) is 6.04 Å². The van der Waals surface area contributed by atoms with Crippen molar-refractivity contribution in [2.45, 2.75) is 25.8 Å². The van der Waals surface area contributed by atoms with Crippen molar-refractivity contribution < 1.29 is 14.7 Å². The van der Waals surface area contributed by atoms with Gasteiger partial charge in [-0.1, -0.05) is 18.2 Å². The van der Waals surface area contributed by atoms with Gasteiger partial charge in [-0.2, -0.15) is 5.10 Å². The van der Waals surface area contributed by atoms with Crippen LogP contribution >= 0.6 is 0 Å². The molecule has 0 spiro atoms. The van der Waals surface area contributed by atoms with Crippen LogP contribution in [0.5, 0.6) is 0 Å². The molecule has 6 heteroatoms. The van der Waals surface area contributed by atoms with Gasteiger partial charge in [0.2, 0.25) is 0 Å². The van der Waals surface area contributed by atoms with Gasteiger partial charge in [-0.05, 0) is 37.3 Å². The molecule has 0 aliphatic heterocycles. The molecule has 0 bridgehead atoms. The second-order valence-corrected chi connectivity index (χ2v) is 5.59. The normalized spacial score (nSPS) is 15.3. The van der Waals surface area contributed by atoms with E-state index in [1.165, 1.54) is 6.20 Å². The molecule has 1 fully saturated rings. The van der Waals surface area contributed by atoms with Crippen LogP contribution in [0.3, 0.4) is 0 Å². The summed E-state index contributed by atoms with van der Waals surface area (Å²) in [7, 11) is 0. The third kappa shape index (κ3) is 2.86. The topological polar surface area (TPSA) is 84.2 Å². The van der Waals surface area contributed by atoms with E-state index in [0.717, 1.165) is 24.1 Å². The van der Waals surface area contributed by atoms with Crippen LogP contribution in [-0.2, 0) is 4.79 Å². The molecular weight excluding hydrogens is 282 g/mol. The molecule has 1 aliphatic rings. The number of amides is 1. The first-order valence-corrected chi connectivity index (χ1v) is 7.20. The van der Waals surface area contributed by atoms with Crippen molar-refractivity contribution in [1.82, 2.24) is 15.1 Å². The average Bonchev–Trinajstić information content (AvgIpc) is 3.21. The fraction of sp³-hybridized carbons (Fsp3) is 0.312. The van der Waals surface area contributed by atoms with Crippen LogP contribution in [0.15, 0.2) is 36.7 Å². The third-order valence-corrected chi connectivity index (χ3v) is 3.85. The van der Waals surface area contributed by atoms with Crippen molar-refractivity contribution in [3.05, 3.63) is 47.8 Å². The minimum Gasteiger partial charge on any atom is -0.480 e. The summed E-state index contributed by atoms with van der Waals surface area (Å²) in [6.45, 7) is 1.96. The largest absolute Gasteiger partial charge is 0.480 e. The maximum atomic E-state index is 12.2. The summed E-state index contributed by atoms with van der Waals surface area (Å²) in [4.78, 5) is 23.4. The van der Waals surface area contributed by atoms with Crippen LogP contribution in [0.1, 0.15) is 28.8 Å². The third-order valence-electron chi connectivity index (χ3n) is 3.85. The van der Waals surface area contributed by atoms with Gasteiger partial charge in [-0.15, -0.1) is 0 Å². The number of nitrogens with zero attached hydrogens (tertiary/aromatic N) is 2. The van der Waals surface area contributed by atoms with Gasteiger partial charge < -0.3 is 10.4 Å². The van der Waals surface area contributed by atoms with Crippen LogP contribution in [0, 0.1) is 12.8 Å².